The molecule has 0 aromatic heterocycles. The maximum atomic E-state index is 12.7. The van der Waals surface area contributed by atoms with Gasteiger partial charge in [0.1, 0.15) is 31.0 Å². The highest BCUT2D eigenvalue weighted by Gasteiger charge is 2.44. The van der Waals surface area contributed by atoms with Gasteiger partial charge in [0.15, 0.2) is 12.4 Å². The second-order valence-electron chi connectivity index (χ2n) is 15.1. The third-order valence-corrected chi connectivity index (χ3v) is 9.92. The van der Waals surface area contributed by atoms with Crippen LogP contribution in [0.4, 0.5) is 0 Å². The zero-order valence-electron chi connectivity index (χ0n) is 35.6. The number of unbranched alkanes of at least 4 members (excludes halogenated alkanes) is 15. The SMILES string of the molecule is CC/C=C/C/C=C/C/C=C/C/C=C/C/C=C/CCCCCC(=O)OC[C@@H](CO[C@H]1O[C@@H](CO)[C@@H](O)C(O)C1O)OC(=O)CCCCCCCCCCCCCCC. The Kier molecular flexibility index (Phi) is 34.6. The first kappa shape index (κ1) is 52.4. The summed E-state index contributed by atoms with van der Waals surface area (Å²) in [7, 11) is 0. The predicted molar refractivity (Wildman–Crippen MR) is 228 cm³/mol. The molecule has 328 valence electrons. The number of ether oxygens (including phenoxy) is 4. The maximum Gasteiger partial charge on any atom is 0.306 e. The molecule has 1 rings (SSSR count). The molecule has 0 spiro atoms. The summed E-state index contributed by atoms with van der Waals surface area (Å²) in [5.41, 5.74) is 0. The third-order valence-electron chi connectivity index (χ3n) is 9.92. The van der Waals surface area contributed by atoms with Crippen LogP contribution in [-0.4, -0.2) is 89.0 Å². The van der Waals surface area contributed by atoms with Crippen molar-refractivity contribution in [3.8, 4) is 0 Å². The van der Waals surface area contributed by atoms with E-state index >= 15 is 0 Å². The molecule has 1 saturated heterocycles. The third kappa shape index (κ3) is 29.3. The molecule has 1 fully saturated rings. The van der Waals surface area contributed by atoms with Crippen LogP contribution in [-0.2, 0) is 28.5 Å². The topological polar surface area (TPSA) is 152 Å². The Balaban J connectivity index is 2.35. The van der Waals surface area contributed by atoms with Gasteiger partial charge in [-0.3, -0.25) is 9.59 Å². The highest BCUT2D eigenvalue weighted by atomic mass is 16.7. The summed E-state index contributed by atoms with van der Waals surface area (Å²) < 4.78 is 22.1. The van der Waals surface area contributed by atoms with Crippen LogP contribution in [0.5, 0.6) is 0 Å². The van der Waals surface area contributed by atoms with Gasteiger partial charge in [-0.25, -0.2) is 0 Å². The smallest absolute Gasteiger partial charge is 0.306 e. The Morgan fingerprint density at radius 1 is 0.561 bits per heavy atom. The largest absolute Gasteiger partial charge is 0.462 e. The molecule has 2 unspecified atom stereocenters. The molecular formula is C47H80O10. The monoisotopic (exact) mass is 805 g/mol. The summed E-state index contributed by atoms with van der Waals surface area (Å²) >= 11 is 0. The Hall–Kier alpha value is -2.60. The van der Waals surface area contributed by atoms with E-state index < -0.39 is 55.4 Å². The molecular weight excluding hydrogens is 725 g/mol. The molecule has 10 nitrogen and oxygen atoms in total. The van der Waals surface area contributed by atoms with E-state index in [0.29, 0.717) is 12.8 Å². The number of aliphatic hydroxyl groups excluding tert-OH is 4. The van der Waals surface area contributed by atoms with Crippen LogP contribution in [0.15, 0.2) is 60.8 Å². The summed E-state index contributed by atoms with van der Waals surface area (Å²) in [6.07, 6.45) is 37.9. The normalized spacial score (nSPS) is 20.8. The van der Waals surface area contributed by atoms with Crippen molar-refractivity contribution in [1.82, 2.24) is 0 Å². The molecule has 0 saturated carbocycles. The van der Waals surface area contributed by atoms with Gasteiger partial charge in [0.2, 0.25) is 0 Å². The molecule has 0 aromatic rings. The summed E-state index contributed by atoms with van der Waals surface area (Å²) in [5.74, 6) is -0.846. The Labute approximate surface area is 345 Å². The first-order valence-electron chi connectivity index (χ1n) is 22.4. The molecule has 4 N–H and O–H groups in total. The molecule has 0 aliphatic carbocycles. The van der Waals surface area contributed by atoms with Gasteiger partial charge in [0.05, 0.1) is 13.2 Å². The van der Waals surface area contributed by atoms with Crippen LogP contribution < -0.4 is 0 Å². The van der Waals surface area contributed by atoms with E-state index in [-0.39, 0.29) is 26.1 Å². The molecule has 0 bridgehead atoms. The fourth-order valence-corrected chi connectivity index (χ4v) is 6.39. The van der Waals surface area contributed by atoms with Gasteiger partial charge < -0.3 is 39.4 Å². The van der Waals surface area contributed by atoms with Crippen LogP contribution in [0.3, 0.4) is 0 Å². The van der Waals surface area contributed by atoms with E-state index in [1.54, 1.807) is 0 Å². The quantitative estimate of drug-likeness (QED) is 0.0274. The van der Waals surface area contributed by atoms with E-state index in [2.05, 4.69) is 74.6 Å². The minimum Gasteiger partial charge on any atom is -0.462 e. The lowest BCUT2D eigenvalue weighted by atomic mass is 9.99. The van der Waals surface area contributed by atoms with Crippen molar-refractivity contribution in [2.45, 2.75) is 205 Å². The summed E-state index contributed by atoms with van der Waals surface area (Å²) in [5, 5.41) is 40.0. The molecule has 10 heteroatoms. The molecule has 1 aliphatic heterocycles. The van der Waals surface area contributed by atoms with E-state index in [1.165, 1.54) is 57.8 Å². The molecule has 0 radical (unpaired) electrons. The number of esters is 2. The van der Waals surface area contributed by atoms with Gasteiger partial charge in [-0.1, -0.05) is 158 Å². The van der Waals surface area contributed by atoms with E-state index in [0.717, 1.165) is 70.6 Å². The predicted octanol–water partition coefficient (Wildman–Crippen LogP) is 9.44. The number of allylic oxidation sites excluding steroid dienone is 10. The number of carbonyl (C=O) groups is 2. The summed E-state index contributed by atoms with van der Waals surface area (Å²) in [4.78, 5) is 25.3. The lowest BCUT2D eigenvalue weighted by Crippen LogP contribution is -2.59. The lowest BCUT2D eigenvalue weighted by molar-refractivity contribution is -0.305. The summed E-state index contributed by atoms with van der Waals surface area (Å²) in [6, 6.07) is 0. The Morgan fingerprint density at radius 2 is 1.04 bits per heavy atom. The highest BCUT2D eigenvalue weighted by molar-refractivity contribution is 5.70. The van der Waals surface area contributed by atoms with Crippen molar-refractivity contribution >= 4 is 11.9 Å². The zero-order chi connectivity index (χ0) is 41.6. The van der Waals surface area contributed by atoms with Gasteiger partial charge in [0, 0.05) is 12.8 Å². The van der Waals surface area contributed by atoms with Gasteiger partial charge in [-0.05, 0) is 57.8 Å². The van der Waals surface area contributed by atoms with Gasteiger partial charge in [0.25, 0.3) is 0 Å². The van der Waals surface area contributed by atoms with Crippen molar-refractivity contribution in [2.24, 2.45) is 0 Å². The number of hydrogen-bond donors (Lipinski definition) is 4. The minimum absolute atomic E-state index is 0.222. The number of rotatable bonds is 36. The van der Waals surface area contributed by atoms with Crippen LogP contribution in [0.25, 0.3) is 0 Å². The van der Waals surface area contributed by atoms with Crippen molar-refractivity contribution in [3.05, 3.63) is 60.8 Å². The van der Waals surface area contributed by atoms with Crippen LogP contribution in [0.2, 0.25) is 0 Å². The van der Waals surface area contributed by atoms with Gasteiger partial charge >= 0.3 is 11.9 Å². The first-order valence-corrected chi connectivity index (χ1v) is 22.4. The maximum absolute atomic E-state index is 12.7. The van der Waals surface area contributed by atoms with Crippen molar-refractivity contribution in [3.63, 3.8) is 0 Å². The fraction of sp³-hybridized carbons (Fsp3) is 0.745. The highest BCUT2D eigenvalue weighted by Crippen LogP contribution is 2.22. The minimum atomic E-state index is -1.60. The summed E-state index contributed by atoms with van der Waals surface area (Å²) in [6.45, 7) is 3.27. The van der Waals surface area contributed by atoms with Crippen molar-refractivity contribution in [2.75, 3.05) is 19.8 Å². The van der Waals surface area contributed by atoms with E-state index in [1.807, 2.05) is 0 Å². The molecule has 6 atom stereocenters. The number of carbonyl (C=O) groups excluding carboxylic acids is 2. The molecule has 57 heavy (non-hydrogen) atoms. The Morgan fingerprint density at radius 3 is 1.56 bits per heavy atom. The average Bonchev–Trinajstić information content (AvgIpc) is 3.21. The first-order chi connectivity index (χ1) is 27.8. The molecule has 0 amide bonds. The molecule has 1 heterocycles. The van der Waals surface area contributed by atoms with Crippen LogP contribution in [0.1, 0.15) is 168 Å². The number of aliphatic hydroxyl groups is 4. The zero-order valence-corrected chi connectivity index (χ0v) is 35.6. The van der Waals surface area contributed by atoms with Gasteiger partial charge in [-0.2, -0.15) is 0 Å². The van der Waals surface area contributed by atoms with Crippen molar-refractivity contribution in [1.29, 1.82) is 0 Å². The fourth-order valence-electron chi connectivity index (χ4n) is 6.39. The van der Waals surface area contributed by atoms with Crippen LogP contribution >= 0.6 is 0 Å². The Bertz CT molecular complexity index is 1110. The second-order valence-corrected chi connectivity index (χ2v) is 15.1. The molecule has 0 aromatic carbocycles. The molecule has 1 aliphatic rings. The van der Waals surface area contributed by atoms with Gasteiger partial charge in [-0.15, -0.1) is 0 Å². The lowest BCUT2D eigenvalue weighted by Gasteiger charge is -2.39. The standard InChI is InChI=1S/C47H80O10/c1-3-5-7-9-11-13-15-17-18-19-20-21-22-24-25-27-29-31-33-35-42(49)54-38-40(39-55-47-46(53)45(52)44(51)41(37-48)57-47)56-43(50)36-34-32-30-28-26-23-16-14-12-10-8-6-4-2/h5,7,11,13,17-18,20-21,24-25,40-41,44-48,51-53H,3-4,6,8-10,12,14-16,19,22-23,26-39H2,1-2H3/b7-5+,13-11+,18-17+,21-20+,25-24+/t40-,41-,44+,45?,46?,47-/m0/s1. The van der Waals surface area contributed by atoms with E-state index in [9.17, 15) is 30.0 Å². The second kappa shape index (κ2) is 37.7. The van der Waals surface area contributed by atoms with E-state index in [4.69, 9.17) is 18.9 Å². The average molecular weight is 805 g/mol. The van der Waals surface area contributed by atoms with Crippen LogP contribution in [0, 0.1) is 0 Å². The number of hydrogen-bond acceptors (Lipinski definition) is 10. The van der Waals surface area contributed by atoms with Crippen molar-refractivity contribution < 1.29 is 49.0 Å².